The van der Waals surface area contributed by atoms with E-state index in [2.05, 4.69) is 74.5 Å². The minimum absolute atomic E-state index is 0.383. The molecule has 0 aromatic heterocycles. The predicted molar refractivity (Wildman–Crippen MR) is 88.9 cm³/mol. The lowest BCUT2D eigenvalue weighted by atomic mass is 9.89. The maximum Gasteiger partial charge on any atom is 0.161 e. The molecule has 0 atom stereocenters. The SMILES string of the molecule is CC(C)O[SiH2]CCC(c1ccccc1)c1ccccc1. The van der Waals surface area contributed by atoms with Crippen LogP contribution in [-0.2, 0) is 4.43 Å². The predicted octanol–water partition coefficient (Wildman–Crippen LogP) is 4.14. The molecule has 0 unspecified atom stereocenters. The van der Waals surface area contributed by atoms with Crippen molar-refractivity contribution in [1.82, 2.24) is 0 Å². The van der Waals surface area contributed by atoms with Crippen molar-refractivity contribution in [2.75, 3.05) is 0 Å². The quantitative estimate of drug-likeness (QED) is 0.548. The summed E-state index contributed by atoms with van der Waals surface area (Å²) in [7, 11) is -0.389. The molecule has 0 aliphatic rings. The highest BCUT2D eigenvalue weighted by Gasteiger charge is 2.13. The van der Waals surface area contributed by atoms with Gasteiger partial charge >= 0.3 is 0 Å². The summed E-state index contributed by atoms with van der Waals surface area (Å²) in [6, 6.07) is 22.9. The summed E-state index contributed by atoms with van der Waals surface area (Å²) in [5.41, 5.74) is 2.83. The lowest BCUT2D eigenvalue weighted by molar-refractivity contribution is 0.254. The number of rotatable bonds is 7. The Morgan fingerprint density at radius 2 is 1.35 bits per heavy atom. The van der Waals surface area contributed by atoms with Gasteiger partial charge in [0.2, 0.25) is 0 Å². The van der Waals surface area contributed by atoms with Crippen molar-refractivity contribution in [2.45, 2.75) is 38.3 Å². The number of hydrogen-bond acceptors (Lipinski definition) is 1. The van der Waals surface area contributed by atoms with Gasteiger partial charge in [0.1, 0.15) is 0 Å². The molecule has 20 heavy (non-hydrogen) atoms. The van der Waals surface area contributed by atoms with E-state index in [0.29, 0.717) is 12.0 Å². The van der Waals surface area contributed by atoms with Crippen LogP contribution < -0.4 is 0 Å². The first-order valence-electron chi connectivity index (χ1n) is 7.49. The molecular weight excluding hydrogens is 260 g/mol. The Kier molecular flexibility index (Phi) is 6.03. The monoisotopic (exact) mass is 284 g/mol. The lowest BCUT2D eigenvalue weighted by Crippen LogP contribution is -2.09. The van der Waals surface area contributed by atoms with Gasteiger partial charge in [-0.3, -0.25) is 0 Å². The first-order valence-corrected chi connectivity index (χ1v) is 9.06. The maximum absolute atomic E-state index is 5.80. The van der Waals surface area contributed by atoms with Crippen LogP contribution in [-0.4, -0.2) is 15.9 Å². The minimum Gasteiger partial charge on any atom is -0.422 e. The first kappa shape index (κ1) is 15.0. The Balaban J connectivity index is 2.06. The van der Waals surface area contributed by atoms with Crippen LogP contribution in [0.4, 0.5) is 0 Å². The second-order valence-corrected chi connectivity index (χ2v) is 6.88. The van der Waals surface area contributed by atoms with E-state index in [4.69, 9.17) is 4.43 Å². The maximum atomic E-state index is 5.80. The molecule has 0 amide bonds. The molecule has 0 spiro atoms. The fourth-order valence-corrected chi connectivity index (χ4v) is 3.72. The van der Waals surface area contributed by atoms with Crippen LogP contribution >= 0.6 is 0 Å². The molecule has 0 heterocycles. The zero-order valence-electron chi connectivity index (χ0n) is 12.5. The summed E-state index contributed by atoms with van der Waals surface area (Å²) < 4.78 is 5.80. The topological polar surface area (TPSA) is 9.23 Å². The van der Waals surface area contributed by atoms with Gasteiger partial charge < -0.3 is 4.43 Å². The molecule has 2 aromatic carbocycles. The largest absolute Gasteiger partial charge is 0.422 e. The van der Waals surface area contributed by atoms with Crippen LogP contribution in [0.2, 0.25) is 6.04 Å². The molecule has 0 bridgehead atoms. The second-order valence-electron chi connectivity index (χ2n) is 5.44. The molecule has 2 aromatic rings. The highest BCUT2D eigenvalue weighted by molar-refractivity contribution is 6.27. The van der Waals surface area contributed by atoms with Crippen molar-refractivity contribution in [1.29, 1.82) is 0 Å². The van der Waals surface area contributed by atoms with Crippen LogP contribution in [0.15, 0.2) is 60.7 Å². The van der Waals surface area contributed by atoms with Gasteiger partial charge in [0.25, 0.3) is 0 Å². The van der Waals surface area contributed by atoms with Crippen molar-refractivity contribution in [3.05, 3.63) is 71.8 Å². The molecule has 0 saturated carbocycles. The van der Waals surface area contributed by atoms with Crippen molar-refractivity contribution in [3.63, 3.8) is 0 Å². The molecule has 2 heteroatoms. The average Bonchev–Trinajstić information content (AvgIpc) is 2.49. The van der Waals surface area contributed by atoms with Gasteiger partial charge in [-0.05, 0) is 37.4 Å². The molecule has 0 N–H and O–H groups in total. The molecule has 106 valence electrons. The summed E-state index contributed by atoms with van der Waals surface area (Å²) in [6.07, 6.45) is 1.57. The fourth-order valence-electron chi connectivity index (χ4n) is 2.50. The first-order chi connectivity index (χ1) is 9.77. The van der Waals surface area contributed by atoms with Crippen LogP contribution in [0.25, 0.3) is 0 Å². The van der Waals surface area contributed by atoms with Crippen LogP contribution in [0, 0.1) is 0 Å². The zero-order chi connectivity index (χ0) is 14.2. The average molecular weight is 284 g/mol. The van der Waals surface area contributed by atoms with E-state index >= 15 is 0 Å². The molecule has 2 rings (SSSR count). The van der Waals surface area contributed by atoms with Gasteiger partial charge in [-0.2, -0.15) is 0 Å². The molecule has 0 aliphatic carbocycles. The van der Waals surface area contributed by atoms with Crippen molar-refractivity contribution in [2.24, 2.45) is 0 Å². The highest BCUT2D eigenvalue weighted by atomic mass is 28.2. The van der Waals surface area contributed by atoms with Crippen molar-refractivity contribution >= 4 is 9.76 Å². The summed E-state index contributed by atoms with van der Waals surface area (Å²) >= 11 is 0. The van der Waals surface area contributed by atoms with E-state index in [-0.39, 0.29) is 9.76 Å². The Morgan fingerprint density at radius 3 is 1.80 bits per heavy atom. The summed E-state index contributed by atoms with van der Waals surface area (Å²) in [5, 5.41) is 0. The molecular formula is C18H24OSi. The van der Waals surface area contributed by atoms with Crippen molar-refractivity contribution < 1.29 is 4.43 Å². The van der Waals surface area contributed by atoms with Gasteiger partial charge in [-0.15, -0.1) is 0 Å². The number of benzene rings is 2. The summed E-state index contributed by atoms with van der Waals surface area (Å²) in [6.45, 7) is 4.25. The van der Waals surface area contributed by atoms with E-state index in [1.807, 2.05) is 0 Å². The minimum atomic E-state index is -0.389. The standard InChI is InChI=1S/C18H24OSi/c1-15(2)19-20-14-13-18(16-9-5-3-6-10-16)17-11-7-4-8-12-17/h3-12,15,18H,13-14,20H2,1-2H3. The third kappa shape index (κ3) is 4.62. The normalized spacial score (nSPS) is 11.8. The Morgan fingerprint density at radius 1 is 0.850 bits per heavy atom. The van der Waals surface area contributed by atoms with Gasteiger partial charge in [0, 0.05) is 12.0 Å². The molecule has 0 radical (unpaired) electrons. The van der Waals surface area contributed by atoms with Gasteiger partial charge in [-0.25, -0.2) is 0 Å². The summed E-state index contributed by atoms with van der Waals surface area (Å²) in [5.74, 6) is 0.501. The van der Waals surface area contributed by atoms with E-state index in [1.54, 1.807) is 0 Å². The number of hydrogen-bond donors (Lipinski definition) is 0. The van der Waals surface area contributed by atoms with E-state index in [1.165, 1.54) is 23.6 Å². The second kappa shape index (κ2) is 8.03. The highest BCUT2D eigenvalue weighted by Crippen LogP contribution is 2.29. The summed E-state index contributed by atoms with van der Waals surface area (Å²) in [4.78, 5) is 0. The van der Waals surface area contributed by atoms with E-state index < -0.39 is 0 Å². The zero-order valence-corrected chi connectivity index (χ0v) is 13.9. The van der Waals surface area contributed by atoms with Crippen LogP contribution in [0.1, 0.15) is 37.3 Å². The van der Waals surface area contributed by atoms with Crippen LogP contribution in [0.5, 0.6) is 0 Å². The Labute approximate surface area is 124 Å². The third-order valence-electron chi connectivity index (χ3n) is 3.49. The van der Waals surface area contributed by atoms with E-state index in [9.17, 15) is 0 Å². The lowest BCUT2D eigenvalue weighted by Gasteiger charge is -2.18. The molecule has 0 fully saturated rings. The van der Waals surface area contributed by atoms with Gasteiger partial charge in [-0.1, -0.05) is 60.7 Å². The fraction of sp³-hybridized carbons (Fsp3) is 0.333. The third-order valence-corrected chi connectivity index (χ3v) is 5.09. The Hall–Kier alpha value is -1.38. The molecule has 0 saturated heterocycles. The van der Waals surface area contributed by atoms with Gasteiger partial charge in [0.05, 0.1) is 0 Å². The molecule has 0 aliphatic heterocycles. The Bertz CT molecular complexity index is 442. The smallest absolute Gasteiger partial charge is 0.161 e. The van der Waals surface area contributed by atoms with Gasteiger partial charge in [0.15, 0.2) is 9.76 Å². The van der Waals surface area contributed by atoms with E-state index in [0.717, 1.165) is 0 Å². The van der Waals surface area contributed by atoms with Crippen LogP contribution in [0.3, 0.4) is 0 Å². The molecule has 1 nitrogen and oxygen atoms in total. The van der Waals surface area contributed by atoms with Crippen molar-refractivity contribution in [3.8, 4) is 0 Å².